The summed E-state index contributed by atoms with van der Waals surface area (Å²) >= 11 is 0. The lowest BCUT2D eigenvalue weighted by Gasteiger charge is -2.47. The molecule has 2 aliphatic rings. The van der Waals surface area contributed by atoms with Gasteiger partial charge in [-0.25, -0.2) is 14.4 Å². The average molecular weight is 527 g/mol. The molecule has 11 heteroatoms. The zero-order valence-electron chi connectivity index (χ0n) is 21.3. The summed E-state index contributed by atoms with van der Waals surface area (Å²) in [5.41, 5.74) is 1.60. The van der Waals surface area contributed by atoms with E-state index in [0.29, 0.717) is 17.6 Å². The molecule has 1 fully saturated rings. The van der Waals surface area contributed by atoms with E-state index in [4.69, 9.17) is 18.3 Å². The number of rotatable bonds is 9. The average Bonchev–Trinajstić information content (AvgIpc) is 3.33. The summed E-state index contributed by atoms with van der Waals surface area (Å²) in [6, 6.07) is 4.50. The van der Waals surface area contributed by atoms with Crippen molar-refractivity contribution in [3.05, 3.63) is 65.3 Å². The number of oxazole rings is 1. The summed E-state index contributed by atoms with van der Waals surface area (Å²) in [6.07, 6.45) is 1.98. The van der Waals surface area contributed by atoms with Crippen LogP contribution in [0.2, 0.25) is 19.6 Å². The third-order valence-corrected chi connectivity index (χ3v) is 7.29. The van der Waals surface area contributed by atoms with E-state index in [1.807, 2.05) is 6.92 Å². The van der Waals surface area contributed by atoms with Crippen LogP contribution in [0.25, 0.3) is 16.7 Å². The summed E-state index contributed by atoms with van der Waals surface area (Å²) in [5.74, 6) is -2.16. The second-order valence-corrected chi connectivity index (χ2v) is 14.4. The summed E-state index contributed by atoms with van der Waals surface area (Å²) in [5, 5.41) is 0. The summed E-state index contributed by atoms with van der Waals surface area (Å²) in [4.78, 5) is 52.7. The standard InChI is InChI=1S/C26H30N2O8Si/c1-7-11-33-24(30)22-17(14-19-21(23(29)27(19)22)15(3)36-37(4,5)6)16-9-10-20-18(13-16)28(26(32)35-20)25(31)34-12-8-2/h7-10,13,15,19,21H,1-2,11-12,14H2,3-6H3/t15-,19-,21-/m1/s1. The molecule has 0 saturated carbocycles. The summed E-state index contributed by atoms with van der Waals surface area (Å²) in [6.45, 7) is 15.0. The Kier molecular flexibility index (Phi) is 7.11. The SMILES string of the molecule is C=CCOC(=O)C1=C(c2ccc3oc(=O)n(C(=O)OCC=C)c3c2)C[C@@H]2[C@@H]([C@@H](C)O[Si](C)(C)C)C(=O)N12. The van der Waals surface area contributed by atoms with Crippen molar-refractivity contribution in [1.82, 2.24) is 9.47 Å². The number of ether oxygens (including phenoxy) is 2. The Balaban J connectivity index is 1.76. The van der Waals surface area contributed by atoms with Gasteiger partial charge < -0.3 is 23.2 Å². The smallest absolute Gasteiger partial charge is 0.429 e. The van der Waals surface area contributed by atoms with E-state index in [2.05, 4.69) is 32.8 Å². The number of carbonyl (C=O) groups is 3. The molecule has 37 heavy (non-hydrogen) atoms. The van der Waals surface area contributed by atoms with Crippen molar-refractivity contribution in [3.8, 4) is 0 Å². The van der Waals surface area contributed by atoms with Crippen LogP contribution in [0.3, 0.4) is 0 Å². The highest BCUT2D eigenvalue weighted by Gasteiger charge is 2.57. The number of β-lactam (4-membered cyclic amide) rings is 1. The number of hydrogen-bond acceptors (Lipinski definition) is 8. The monoisotopic (exact) mass is 526 g/mol. The molecule has 0 spiro atoms. The first kappa shape index (κ1) is 26.4. The molecule has 2 aromatic rings. The molecule has 1 aromatic heterocycles. The molecule has 0 radical (unpaired) electrons. The summed E-state index contributed by atoms with van der Waals surface area (Å²) in [7, 11) is -1.91. The minimum atomic E-state index is -1.91. The molecule has 2 aliphatic heterocycles. The zero-order chi connectivity index (χ0) is 27.1. The van der Waals surface area contributed by atoms with Gasteiger partial charge in [-0.3, -0.25) is 4.79 Å². The fourth-order valence-corrected chi connectivity index (χ4v) is 6.17. The van der Waals surface area contributed by atoms with Gasteiger partial charge in [-0.2, -0.15) is 4.57 Å². The molecule has 1 saturated heterocycles. The number of carbonyl (C=O) groups excluding carboxylic acids is 3. The molecule has 0 unspecified atom stereocenters. The van der Waals surface area contributed by atoms with Crippen molar-refractivity contribution in [2.24, 2.45) is 5.92 Å². The van der Waals surface area contributed by atoms with Gasteiger partial charge in [-0.1, -0.05) is 31.4 Å². The third-order valence-electron chi connectivity index (χ3n) is 6.21. The van der Waals surface area contributed by atoms with Crippen LogP contribution in [0.5, 0.6) is 0 Å². The van der Waals surface area contributed by atoms with Crippen LogP contribution in [0.1, 0.15) is 18.9 Å². The van der Waals surface area contributed by atoms with Gasteiger partial charge in [0.2, 0.25) is 5.91 Å². The Bertz CT molecular complexity index is 1380. The largest absolute Gasteiger partial charge is 0.457 e. The topological polar surface area (TPSA) is 117 Å². The maximum atomic E-state index is 13.3. The molecular weight excluding hydrogens is 496 g/mol. The van der Waals surface area contributed by atoms with Crippen LogP contribution < -0.4 is 5.76 Å². The Morgan fingerprint density at radius 2 is 1.84 bits per heavy atom. The molecule has 0 N–H and O–H groups in total. The first-order valence-electron chi connectivity index (χ1n) is 11.9. The Morgan fingerprint density at radius 1 is 1.16 bits per heavy atom. The predicted octanol–water partition coefficient (Wildman–Crippen LogP) is 3.68. The van der Waals surface area contributed by atoms with E-state index < -0.39 is 32.1 Å². The minimum Gasteiger partial charge on any atom is -0.457 e. The van der Waals surface area contributed by atoms with Crippen LogP contribution >= 0.6 is 0 Å². The fourth-order valence-electron chi connectivity index (χ4n) is 4.91. The van der Waals surface area contributed by atoms with E-state index in [1.165, 1.54) is 23.1 Å². The van der Waals surface area contributed by atoms with E-state index >= 15 is 0 Å². The van der Waals surface area contributed by atoms with Gasteiger partial charge in [0.05, 0.1) is 18.1 Å². The van der Waals surface area contributed by atoms with E-state index in [1.54, 1.807) is 12.1 Å². The van der Waals surface area contributed by atoms with Gasteiger partial charge in [0.15, 0.2) is 13.9 Å². The maximum Gasteiger partial charge on any atom is 0.429 e. The third kappa shape index (κ3) is 4.84. The molecule has 10 nitrogen and oxygen atoms in total. The highest BCUT2D eigenvalue weighted by Crippen LogP contribution is 2.48. The minimum absolute atomic E-state index is 0.0175. The molecule has 1 aromatic carbocycles. The zero-order valence-corrected chi connectivity index (χ0v) is 22.3. The molecule has 4 rings (SSSR count). The van der Waals surface area contributed by atoms with Gasteiger partial charge in [0.25, 0.3) is 0 Å². The van der Waals surface area contributed by atoms with Crippen molar-refractivity contribution < 1.29 is 32.7 Å². The van der Waals surface area contributed by atoms with Gasteiger partial charge in [0, 0.05) is 0 Å². The molecule has 3 heterocycles. The van der Waals surface area contributed by atoms with Gasteiger partial charge in [-0.15, -0.1) is 0 Å². The van der Waals surface area contributed by atoms with Crippen LogP contribution in [0, 0.1) is 5.92 Å². The van der Waals surface area contributed by atoms with Crippen molar-refractivity contribution in [2.75, 3.05) is 13.2 Å². The quantitative estimate of drug-likeness (QED) is 0.210. The molecule has 196 valence electrons. The highest BCUT2D eigenvalue weighted by atomic mass is 28.4. The van der Waals surface area contributed by atoms with Gasteiger partial charge in [0.1, 0.15) is 24.4 Å². The van der Waals surface area contributed by atoms with Crippen molar-refractivity contribution >= 4 is 43.0 Å². The molecule has 1 amide bonds. The van der Waals surface area contributed by atoms with E-state index in [0.717, 1.165) is 4.57 Å². The molecule has 0 aliphatic carbocycles. The van der Waals surface area contributed by atoms with Crippen LogP contribution in [-0.2, 0) is 23.5 Å². The number of fused-ring (bicyclic) bond motifs is 2. The van der Waals surface area contributed by atoms with E-state index in [-0.39, 0.29) is 48.1 Å². The number of amides is 1. The van der Waals surface area contributed by atoms with Crippen molar-refractivity contribution in [3.63, 3.8) is 0 Å². The van der Waals surface area contributed by atoms with Gasteiger partial charge in [-0.05, 0) is 56.3 Å². The second-order valence-electron chi connectivity index (χ2n) is 9.91. The number of benzene rings is 1. The lowest BCUT2D eigenvalue weighted by molar-refractivity contribution is -0.161. The molecular formula is C26H30N2O8Si. The Morgan fingerprint density at radius 3 is 2.49 bits per heavy atom. The van der Waals surface area contributed by atoms with Gasteiger partial charge >= 0.3 is 17.8 Å². The second kappa shape index (κ2) is 9.98. The first-order valence-corrected chi connectivity index (χ1v) is 15.4. The Hall–Kier alpha value is -3.70. The van der Waals surface area contributed by atoms with Crippen LogP contribution in [0.15, 0.2) is 58.4 Å². The van der Waals surface area contributed by atoms with E-state index in [9.17, 15) is 19.2 Å². The molecule has 0 bridgehead atoms. The highest BCUT2D eigenvalue weighted by molar-refractivity contribution is 6.69. The Labute approximate surface area is 214 Å². The number of nitrogens with zero attached hydrogens (tertiary/aromatic N) is 2. The van der Waals surface area contributed by atoms with Crippen LogP contribution in [-0.4, -0.2) is 61.1 Å². The summed E-state index contributed by atoms with van der Waals surface area (Å²) < 4.78 is 22.5. The van der Waals surface area contributed by atoms with Crippen molar-refractivity contribution in [2.45, 2.75) is 45.1 Å². The number of aromatic nitrogens is 1. The lowest BCUT2D eigenvalue weighted by atomic mass is 9.82. The molecule has 3 atom stereocenters. The van der Waals surface area contributed by atoms with Crippen LogP contribution in [0.4, 0.5) is 4.79 Å². The first-order chi connectivity index (χ1) is 17.5. The fraction of sp³-hybridized carbons (Fsp3) is 0.385. The maximum absolute atomic E-state index is 13.3. The number of esters is 1. The number of hydrogen-bond donors (Lipinski definition) is 0. The normalized spacial score (nSPS) is 19.9. The lowest BCUT2D eigenvalue weighted by Crippen LogP contribution is -2.63. The predicted molar refractivity (Wildman–Crippen MR) is 138 cm³/mol. The van der Waals surface area contributed by atoms with Crippen molar-refractivity contribution in [1.29, 1.82) is 0 Å².